The summed E-state index contributed by atoms with van der Waals surface area (Å²) in [5, 5.41) is 0.457. The molecule has 0 bridgehead atoms. The van der Waals surface area contributed by atoms with E-state index in [1.165, 1.54) is 20.8 Å². The van der Waals surface area contributed by atoms with Crippen molar-refractivity contribution in [1.29, 1.82) is 0 Å². The summed E-state index contributed by atoms with van der Waals surface area (Å²) in [5.74, 6) is -1.29. The predicted molar refractivity (Wildman–Crippen MR) is 95.9 cm³/mol. The van der Waals surface area contributed by atoms with Crippen molar-refractivity contribution in [1.82, 2.24) is 0 Å². The summed E-state index contributed by atoms with van der Waals surface area (Å²) in [6, 6.07) is 7.08. The third-order valence-corrected chi connectivity index (χ3v) is 4.50. The van der Waals surface area contributed by atoms with Crippen LogP contribution in [0.25, 0.3) is 0 Å². The van der Waals surface area contributed by atoms with Gasteiger partial charge in [-0.25, -0.2) is 4.99 Å². The number of rotatable bonds is 5. The van der Waals surface area contributed by atoms with Gasteiger partial charge in [-0.3, -0.25) is 14.4 Å². The van der Waals surface area contributed by atoms with E-state index in [9.17, 15) is 14.4 Å². The first-order valence-corrected chi connectivity index (χ1v) is 8.23. The van der Waals surface area contributed by atoms with Crippen molar-refractivity contribution in [3.8, 4) is 0 Å². The van der Waals surface area contributed by atoms with Crippen LogP contribution in [0, 0.1) is 0 Å². The van der Waals surface area contributed by atoms with Crippen LogP contribution in [-0.4, -0.2) is 28.8 Å². The second kappa shape index (κ2) is 6.92. The monoisotopic (exact) mass is 361 g/mol. The smallest absolute Gasteiger partial charge is 0.208 e. The van der Waals surface area contributed by atoms with E-state index >= 15 is 0 Å². The van der Waals surface area contributed by atoms with Gasteiger partial charge in [0.05, 0.1) is 5.92 Å². The molecular weight excluding hydrogens is 342 g/mol. The zero-order valence-electron chi connectivity index (χ0n) is 14.8. The lowest BCUT2D eigenvalue weighted by atomic mass is 9.82. The zero-order valence-corrected chi connectivity index (χ0v) is 15.6. The zero-order chi connectivity index (χ0) is 18.9. The Labute approximate surface area is 151 Å². The van der Waals surface area contributed by atoms with Crippen LogP contribution >= 0.6 is 11.6 Å². The molecule has 25 heavy (non-hydrogen) atoms. The summed E-state index contributed by atoms with van der Waals surface area (Å²) in [7, 11) is 0. The highest BCUT2D eigenvalue weighted by molar-refractivity contribution is 6.65. The van der Waals surface area contributed by atoms with E-state index in [2.05, 4.69) is 4.99 Å². The summed E-state index contributed by atoms with van der Waals surface area (Å²) >= 11 is 6.34. The third kappa shape index (κ3) is 3.56. The average molecular weight is 362 g/mol. The number of hydrogen-bond acceptors (Lipinski definition) is 5. The van der Waals surface area contributed by atoms with Gasteiger partial charge < -0.3 is 4.74 Å². The molecule has 1 heterocycles. The number of Topliss-reactive ketones (excluding diaryl/α,β-unsaturated/α-hetero) is 3. The Hall–Kier alpha value is -2.27. The molecule has 1 aliphatic rings. The molecule has 132 valence electrons. The largest absolute Gasteiger partial charge is 0.470 e. The van der Waals surface area contributed by atoms with Gasteiger partial charge in [-0.15, -0.1) is 0 Å². The van der Waals surface area contributed by atoms with Crippen LogP contribution in [0.5, 0.6) is 0 Å². The van der Waals surface area contributed by atoms with E-state index in [1.807, 2.05) is 0 Å². The van der Waals surface area contributed by atoms with Crippen LogP contribution in [0.1, 0.15) is 46.1 Å². The molecule has 1 aromatic carbocycles. The lowest BCUT2D eigenvalue weighted by Gasteiger charge is -2.29. The summed E-state index contributed by atoms with van der Waals surface area (Å²) in [6.45, 7) is 7.30. The van der Waals surface area contributed by atoms with Crippen molar-refractivity contribution < 1.29 is 19.1 Å². The van der Waals surface area contributed by atoms with Gasteiger partial charge >= 0.3 is 0 Å². The van der Waals surface area contributed by atoms with E-state index in [4.69, 9.17) is 16.3 Å². The minimum Gasteiger partial charge on any atom is -0.470 e. The molecule has 0 spiro atoms. The minimum absolute atomic E-state index is 0.173. The minimum atomic E-state index is -1.32. The molecule has 0 aromatic heterocycles. The molecule has 0 fully saturated rings. The normalized spacial score (nSPS) is 22.4. The van der Waals surface area contributed by atoms with Gasteiger partial charge in [0.25, 0.3) is 0 Å². The standard InChI is InChI=1S/C19H20ClNO4/c1-10(22)16-13(4)25-19(5,21-18(11(2)23)12(3)24)17(16)14-8-6-7-9-15(14)20/h6-9,17H,1-5H3. The molecule has 0 radical (unpaired) electrons. The van der Waals surface area contributed by atoms with E-state index < -0.39 is 23.2 Å². The summed E-state index contributed by atoms with van der Waals surface area (Å²) in [5.41, 5.74) is -0.421. The Bertz CT molecular complexity index is 808. The number of allylic oxidation sites excluding steroid dienone is 1. The topological polar surface area (TPSA) is 72.8 Å². The summed E-state index contributed by atoms with van der Waals surface area (Å²) < 4.78 is 5.88. The van der Waals surface area contributed by atoms with Crippen LogP contribution in [0.3, 0.4) is 0 Å². The first kappa shape index (κ1) is 19.1. The third-order valence-electron chi connectivity index (χ3n) is 4.16. The van der Waals surface area contributed by atoms with Crippen molar-refractivity contribution in [2.75, 3.05) is 0 Å². The van der Waals surface area contributed by atoms with Gasteiger partial charge in [0.1, 0.15) is 11.5 Å². The molecule has 1 aliphatic heterocycles. The fourth-order valence-corrected chi connectivity index (χ4v) is 3.46. The van der Waals surface area contributed by atoms with Crippen LogP contribution in [0.2, 0.25) is 5.02 Å². The van der Waals surface area contributed by atoms with Gasteiger partial charge in [-0.2, -0.15) is 0 Å². The number of aliphatic imine (C=N–C) groups is 1. The fraction of sp³-hybridized carbons (Fsp3) is 0.368. The van der Waals surface area contributed by atoms with E-state index in [-0.39, 0.29) is 11.5 Å². The van der Waals surface area contributed by atoms with Crippen molar-refractivity contribution in [2.24, 2.45) is 4.99 Å². The van der Waals surface area contributed by atoms with Gasteiger partial charge in [0.2, 0.25) is 5.72 Å². The van der Waals surface area contributed by atoms with Crippen molar-refractivity contribution in [2.45, 2.75) is 46.3 Å². The molecule has 0 saturated heterocycles. The second-order valence-corrected chi connectivity index (χ2v) is 6.62. The van der Waals surface area contributed by atoms with Crippen LogP contribution in [-0.2, 0) is 19.1 Å². The quantitative estimate of drug-likeness (QED) is 0.592. The maximum Gasteiger partial charge on any atom is 0.208 e. The number of carbonyl (C=O) groups excluding carboxylic acids is 3. The number of ketones is 3. The lowest BCUT2D eigenvalue weighted by molar-refractivity contribution is -0.115. The molecule has 2 unspecified atom stereocenters. The number of hydrogen-bond donors (Lipinski definition) is 0. The highest BCUT2D eigenvalue weighted by Gasteiger charge is 2.49. The van der Waals surface area contributed by atoms with Gasteiger partial charge in [-0.05, 0) is 32.4 Å². The van der Waals surface area contributed by atoms with Gasteiger partial charge in [-0.1, -0.05) is 29.8 Å². The maximum atomic E-state index is 12.2. The van der Waals surface area contributed by atoms with Crippen LogP contribution < -0.4 is 0 Å². The number of ether oxygens (including phenoxy) is 1. The molecule has 6 heteroatoms. The highest BCUT2D eigenvalue weighted by atomic mass is 35.5. The van der Waals surface area contributed by atoms with Crippen molar-refractivity contribution in [3.05, 3.63) is 46.2 Å². The van der Waals surface area contributed by atoms with E-state index in [1.54, 1.807) is 38.1 Å². The van der Waals surface area contributed by atoms with Gasteiger partial charge in [0.15, 0.2) is 17.3 Å². The molecule has 1 aromatic rings. The Morgan fingerprint density at radius 3 is 2.16 bits per heavy atom. The SMILES string of the molecule is CC(=O)C(=NC1(C)OC(C)=C(C(C)=O)C1c1ccccc1Cl)C(C)=O. The molecule has 2 rings (SSSR count). The van der Waals surface area contributed by atoms with E-state index in [0.717, 1.165) is 0 Å². The molecule has 2 atom stereocenters. The number of carbonyl (C=O) groups is 3. The number of halogens is 1. The fourth-order valence-electron chi connectivity index (χ4n) is 3.21. The molecule has 0 aliphatic carbocycles. The predicted octanol–water partition coefficient (Wildman–Crippen LogP) is 3.65. The molecule has 0 N–H and O–H groups in total. The molecule has 0 amide bonds. The van der Waals surface area contributed by atoms with Crippen LogP contribution in [0.15, 0.2) is 40.6 Å². The molecule has 5 nitrogen and oxygen atoms in total. The highest BCUT2D eigenvalue weighted by Crippen LogP contribution is 2.49. The Morgan fingerprint density at radius 1 is 1.12 bits per heavy atom. The molecule has 0 saturated carbocycles. The van der Waals surface area contributed by atoms with Crippen LogP contribution in [0.4, 0.5) is 0 Å². The summed E-state index contributed by atoms with van der Waals surface area (Å²) in [4.78, 5) is 40.2. The second-order valence-electron chi connectivity index (χ2n) is 6.21. The van der Waals surface area contributed by atoms with E-state index in [0.29, 0.717) is 21.9 Å². The first-order chi connectivity index (χ1) is 11.6. The Morgan fingerprint density at radius 2 is 1.68 bits per heavy atom. The summed E-state index contributed by atoms with van der Waals surface area (Å²) in [6.07, 6.45) is 0. The number of nitrogens with zero attached hydrogens (tertiary/aromatic N) is 1. The Balaban J connectivity index is 2.72. The lowest BCUT2D eigenvalue weighted by Crippen LogP contribution is -2.35. The first-order valence-electron chi connectivity index (χ1n) is 7.85. The Kier molecular flexibility index (Phi) is 5.28. The van der Waals surface area contributed by atoms with Crippen molar-refractivity contribution >= 4 is 34.7 Å². The molecular formula is C19H20ClNO4. The maximum absolute atomic E-state index is 12.2. The van der Waals surface area contributed by atoms with Gasteiger partial charge in [0, 0.05) is 24.4 Å². The number of benzene rings is 1. The average Bonchev–Trinajstić information content (AvgIpc) is 2.76. The van der Waals surface area contributed by atoms with Crippen molar-refractivity contribution in [3.63, 3.8) is 0 Å².